The molecule has 0 spiro atoms. The lowest BCUT2D eigenvalue weighted by atomic mass is 9.84. The molecule has 40 heavy (non-hydrogen) atoms. The lowest BCUT2D eigenvalue weighted by Crippen LogP contribution is -2.46. The van der Waals surface area contributed by atoms with E-state index in [0.29, 0.717) is 50.6 Å². The molecule has 1 fully saturated rings. The summed E-state index contributed by atoms with van der Waals surface area (Å²) in [5, 5.41) is 10.4. The molecule has 1 aromatic rings. The largest absolute Gasteiger partial charge is 0.481 e. The van der Waals surface area contributed by atoms with Crippen molar-refractivity contribution >= 4 is 17.8 Å². The van der Waals surface area contributed by atoms with Crippen LogP contribution in [0.5, 0.6) is 11.5 Å². The molecule has 0 saturated carbocycles. The topological polar surface area (TPSA) is 99.6 Å². The molecule has 0 bridgehead atoms. The third-order valence-electron chi connectivity index (χ3n) is 8.11. The van der Waals surface area contributed by atoms with Crippen molar-refractivity contribution in [1.29, 1.82) is 0 Å². The standard InChI is InChI=1S/C30H48N4O6/c1-7-9-14-32(15-10-17-34(4,5)6)28(36)20-33-19-24(23-11-12-26-27(18-23)40-21-39-26)29(30(37)38)25(33)13-16-31(8-2)22(3)35/h11-12,18,24-25,29H,7-10,13-17,19-21H2,1-6H3/p+1/t24-,25+,29?/m1/s1. The van der Waals surface area contributed by atoms with Crippen LogP contribution in [0.4, 0.5) is 0 Å². The van der Waals surface area contributed by atoms with Gasteiger partial charge >= 0.3 is 5.97 Å². The summed E-state index contributed by atoms with van der Waals surface area (Å²) < 4.78 is 11.9. The van der Waals surface area contributed by atoms with Crippen LogP contribution >= 0.6 is 0 Å². The van der Waals surface area contributed by atoms with E-state index < -0.39 is 11.9 Å². The van der Waals surface area contributed by atoms with E-state index in [1.807, 2.05) is 34.9 Å². The highest BCUT2D eigenvalue weighted by molar-refractivity contribution is 5.79. The second-order valence-electron chi connectivity index (χ2n) is 12.1. The summed E-state index contributed by atoms with van der Waals surface area (Å²) in [5.74, 6) is -0.665. The van der Waals surface area contributed by atoms with Crippen molar-refractivity contribution in [2.45, 2.75) is 58.4 Å². The number of ether oxygens (including phenoxy) is 2. The lowest BCUT2D eigenvalue weighted by Gasteiger charge is -2.31. The van der Waals surface area contributed by atoms with Crippen molar-refractivity contribution in [3.8, 4) is 11.5 Å². The summed E-state index contributed by atoms with van der Waals surface area (Å²) in [6.07, 6.45) is 3.32. The Morgan fingerprint density at radius 1 is 1.02 bits per heavy atom. The highest BCUT2D eigenvalue weighted by atomic mass is 16.7. The van der Waals surface area contributed by atoms with Crippen molar-refractivity contribution in [2.75, 3.05) is 73.7 Å². The van der Waals surface area contributed by atoms with Gasteiger partial charge in [0.15, 0.2) is 11.5 Å². The number of likely N-dealkylation sites (tertiary alicyclic amines) is 1. The van der Waals surface area contributed by atoms with Crippen LogP contribution in [0.1, 0.15) is 57.9 Å². The number of aliphatic carboxylic acids is 1. The maximum Gasteiger partial charge on any atom is 0.308 e. The second-order valence-corrected chi connectivity index (χ2v) is 12.1. The Morgan fingerprint density at radius 2 is 1.73 bits per heavy atom. The van der Waals surface area contributed by atoms with Crippen LogP contribution in [-0.2, 0) is 14.4 Å². The third kappa shape index (κ3) is 8.33. The van der Waals surface area contributed by atoms with Gasteiger partial charge in [-0.3, -0.25) is 19.3 Å². The third-order valence-corrected chi connectivity index (χ3v) is 8.11. The summed E-state index contributed by atoms with van der Waals surface area (Å²) in [5.41, 5.74) is 0.862. The van der Waals surface area contributed by atoms with Gasteiger partial charge in [0, 0.05) is 58.0 Å². The molecule has 224 valence electrons. The van der Waals surface area contributed by atoms with Gasteiger partial charge in [0.1, 0.15) is 0 Å². The first-order chi connectivity index (χ1) is 18.9. The minimum atomic E-state index is -0.890. The molecule has 0 radical (unpaired) electrons. The fourth-order valence-electron chi connectivity index (χ4n) is 5.88. The van der Waals surface area contributed by atoms with Crippen molar-refractivity contribution in [3.05, 3.63) is 23.8 Å². The highest BCUT2D eigenvalue weighted by Crippen LogP contribution is 2.42. The Kier molecular flexibility index (Phi) is 11.2. The SMILES string of the molecule is CCCCN(CCC[N+](C)(C)C)C(=O)CN1C[C@H](c2ccc3c(c2)OCO3)C(C(=O)O)[C@@H]1CCN(CC)C(C)=O. The quantitative estimate of drug-likeness (QED) is 0.329. The predicted molar refractivity (Wildman–Crippen MR) is 153 cm³/mol. The van der Waals surface area contributed by atoms with E-state index in [9.17, 15) is 19.5 Å². The van der Waals surface area contributed by atoms with Crippen LogP contribution in [0.25, 0.3) is 0 Å². The number of carboxylic acid groups (broad SMARTS) is 1. The number of carbonyl (C=O) groups excluding carboxylic acids is 2. The average molecular weight is 562 g/mol. The number of fused-ring (bicyclic) bond motifs is 1. The molecule has 10 nitrogen and oxygen atoms in total. The van der Waals surface area contributed by atoms with Crippen LogP contribution < -0.4 is 9.47 Å². The second kappa shape index (κ2) is 14.2. The molecule has 2 heterocycles. The summed E-state index contributed by atoms with van der Waals surface area (Å²) in [6, 6.07) is 5.22. The molecule has 1 saturated heterocycles. The summed E-state index contributed by atoms with van der Waals surface area (Å²) in [4.78, 5) is 44.3. The zero-order valence-electron chi connectivity index (χ0n) is 25.2. The van der Waals surface area contributed by atoms with Gasteiger partial charge in [-0.05, 0) is 37.5 Å². The van der Waals surface area contributed by atoms with Gasteiger partial charge in [0.2, 0.25) is 18.6 Å². The van der Waals surface area contributed by atoms with E-state index >= 15 is 0 Å². The lowest BCUT2D eigenvalue weighted by molar-refractivity contribution is -0.870. The minimum absolute atomic E-state index is 0.0363. The van der Waals surface area contributed by atoms with Gasteiger partial charge in [0.05, 0.1) is 40.2 Å². The summed E-state index contributed by atoms with van der Waals surface area (Å²) >= 11 is 0. The Labute approximate surface area is 239 Å². The van der Waals surface area contributed by atoms with Crippen LogP contribution in [0.2, 0.25) is 0 Å². The van der Waals surface area contributed by atoms with E-state index in [4.69, 9.17) is 9.47 Å². The van der Waals surface area contributed by atoms with Crippen LogP contribution in [0.15, 0.2) is 18.2 Å². The molecular formula is C30H49N4O6+. The number of hydrogen-bond donors (Lipinski definition) is 1. The summed E-state index contributed by atoms with van der Waals surface area (Å²) in [6.45, 7) is 9.68. The number of nitrogens with zero attached hydrogens (tertiary/aromatic N) is 4. The molecule has 10 heteroatoms. The van der Waals surface area contributed by atoms with Gasteiger partial charge in [-0.15, -0.1) is 0 Å². The molecule has 3 rings (SSSR count). The molecule has 0 aliphatic carbocycles. The number of carbonyl (C=O) groups is 3. The van der Waals surface area contributed by atoms with E-state index in [1.165, 1.54) is 6.92 Å². The zero-order valence-corrected chi connectivity index (χ0v) is 25.2. The van der Waals surface area contributed by atoms with Crippen molar-refractivity contribution in [1.82, 2.24) is 14.7 Å². The number of rotatable bonds is 15. The zero-order chi connectivity index (χ0) is 29.4. The summed E-state index contributed by atoms with van der Waals surface area (Å²) in [7, 11) is 6.45. The van der Waals surface area contributed by atoms with Gasteiger partial charge in [-0.25, -0.2) is 0 Å². The Morgan fingerprint density at radius 3 is 2.35 bits per heavy atom. The molecule has 2 aliphatic heterocycles. The van der Waals surface area contributed by atoms with Crippen LogP contribution in [0, 0.1) is 5.92 Å². The number of carboxylic acids is 1. The first-order valence-electron chi connectivity index (χ1n) is 14.6. The number of benzene rings is 1. The highest BCUT2D eigenvalue weighted by Gasteiger charge is 2.47. The normalized spacial score (nSPS) is 20.5. The molecule has 2 aliphatic rings. The fourth-order valence-corrected chi connectivity index (χ4v) is 5.88. The minimum Gasteiger partial charge on any atom is -0.481 e. The van der Waals surface area contributed by atoms with E-state index in [-0.39, 0.29) is 37.1 Å². The Balaban J connectivity index is 1.85. The monoisotopic (exact) mass is 561 g/mol. The number of unbranched alkanes of at least 4 members (excludes halogenated alkanes) is 1. The van der Waals surface area contributed by atoms with E-state index in [1.54, 1.807) is 4.90 Å². The maximum atomic E-state index is 13.7. The van der Waals surface area contributed by atoms with Crippen LogP contribution in [0.3, 0.4) is 0 Å². The molecular weight excluding hydrogens is 512 g/mol. The van der Waals surface area contributed by atoms with E-state index in [0.717, 1.165) is 35.9 Å². The first-order valence-corrected chi connectivity index (χ1v) is 14.6. The average Bonchev–Trinajstić information content (AvgIpc) is 3.49. The van der Waals surface area contributed by atoms with Gasteiger partial charge in [-0.1, -0.05) is 19.4 Å². The molecule has 3 atom stereocenters. The van der Waals surface area contributed by atoms with Gasteiger partial charge < -0.3 is 28.9 Å². The first kappa shape index (κ1) is 31.7. The molecule has 1 N–H and O–H groups in total. The molecule has 1 unspecified atom stereocenters. The molecule has 1 aromatic carbocycles. The number of hydrogen-bond acceptors (Lipinski definition) is 6. The Bertz CT molecular complexity index is 1030. The van der Waals surface area contributed by atoms with Crippen molar-refractivity contribution in [3.63, 3.8) is 0 Å². The number of quaternary nitrogens is 1. The smallest absolute Gasteiger partial charge is 0.308 e. The van der Waals surface area contributed by atoms with Crippen molar-refractivity contribution < 1.29 is 33.4 Å². The Hall–Kier alpha value is -2.85. The van der Waals surface area contributed by atoms with Crippen LogP contribution in [-0.4, -0.2) is 122 Å². The fraction of sp³-hybridized carbons (Fsp3) is 0.700. The maximum absolute atomic E-state index is 13.7. The molecule has 0 aromatic heterocycles. The predicted octanol–water partition coefficient (Wildman–Crippen LogP) is 2.87. The van der Waals surface area contributed by atoms with Gasteiger partial charge in [0.25, 0.3) is 0 Å². The van der Waals surface area contributed by atoms with Gasteiger partial charge in [-0.2, -0.15) is 0 Å². The number of amides is 2. The van der Waals surface area contributed by atoms with E-state index in [2.05, 4.69) is 28.1 Å². The van der Waals surface area contributed by atoms with Crippen molar-refractivity contribution in [2.24, 2.45) is 5.92 Å². The molecule has 2 amide bonds.